The summed E-state index contributed by atoms with van der Waals surface area (Å²) < 4.78 is 5.02. The largest absolute Gasteiger partial charge is 0.391 e. The maximum atomic E-state index is 11.8. The summed E-state index contributed by atoms with van der Waals surface area (Å²) in [6.07, 6.45) is 1.13. The molecule has 0 aliphatic carbocycles. The van der Waals surface area contributed by atoms with Gasteiger partial charge >= 0.3 is 0 Å². The highest BCUT2D eigenvalue weighted by molar-refractivity contribution is 5.94. The van der Waals surface area contributed by atoms with E-state index in [1.807, 2.05) is 19.1 Å². The molecular weight excluding hydrogens is 230 g/mol. The number of carbonyl (C=O) groups is 1. The van der Waals surface area contributed by atoms with Gasteiger partial charge in [0.25, 0.3) is 5.91 Å². The molecule has 1 unspecified atom stereocenters. The molecule has 4 nitrogen and oxygen atoms in total. The summed E-state index contributed by atoms with van der Waals surface area (Å²) in [4.78, 5) is 11.8. The molecule has 0 heterocycles. The standard InChI is InChI=1S/C14H21NO3/c1-3-5-13(16)9-15-14(17)12-7-4-6-11(8-12)10-18-2/h4,6-8,13,16H,3,5,9-10H2,1-2H3,(H,15,17). The van der Waals surface area contributed by atoms with E-state index >= 15 is 0 Å². The van der Waals surface area contributed by atoms with Crippen molar-refractivity contribution in [3.05, 3.63) is 35.4 Å². The molecule has 0 bridgehead atoms. The quantitative estimate of drug-likeness (QED) is 0.776. The van der Waals surface area contributed by atoms with Gasteiger partial charge in [-0.05, 0) is 24.1 Å². The van der Waals surface area contributed by atoms with Crippen molar-refractivity contribution in [3.8, 4) is 0 Å². The molecule has 1 amide bonds. The second-order valence-corrected chi connectivity index (χ2v) is 4.29. The summed E-state index contributed by atoms with van der Waals surface area (Å²) in [5, 5.41) is 12.3. The third-order valence-corrected chi connectivity index (χ3v) is 2.62. The lowest BCUT2D eigenvalue weighted by atomic mass is 10.1. The fourth-order valence-corrected chi connectivity index (χ4v) is 1.72. The third-order valence-electron chi connectivity index (χ3n) is 2.62. The Hall–Kier alpha value is -1.39. The lowest BCUT2D eigenvalue weighted by molar-refractivity contribution is 0.0910. The molecule has 0 spiro atoms. The number of nitrogens with one attached hydrogen (secondary N) is 1. The van der Waals surface area contributed by atoms with Crippen molar-refractivity contribution in [1.82, 2.24) is 5.32 Å². The highest BCUT2D eigenvalue weighted by Gasteiger charge is 2.08. The van der Waals surface area contributed by atoms with Crippen LogP contribution in [0, 0.1) is 0 Å². The molecule has 18 heavy (non-hydrogen) atoms. The number of aliphatic hydroxyl groups excluding tert-OH is 1. The zero-order chi connectivity index (χ0) is 13.4. The van der Waals surface area contributed by atoms with Gasteiger partial charge in [0.2, 0.25) is 0 Å². The van der Waals surface area contributed by atoms with Crippen LogP contribution in [0.25, 0.3) is 0 Å². The predicted octanol–water partition coefficient (Wildman–Crippen LogP) is 1.72. The molecule has 1 aromatic carbocycles. The van der Waals surface area contributed by atoms with Crippen LogP contribution >= 0.6 is 0 Å². The van der Waals surface area contributed by atoms with Crippen LogP contribution in [0.1, 0.15) is 35.7 Å². The normalized spacial score (nSPS) is 12.2. The zero-order valence-corrected chi connectivity index (χ0v) is 11.0. The van der Waals surface area contributed by atoms with E-state index in [9.17, 15) is 9.90 Å². The Balaban J connectivity index is 2.53. The van der Waals surface area contributed by atoms with Crippen LogP contribution in [-0.2, 0) is 11.3 Å². The van der Waals surface area contributed by atoms with Gasteiger partial charge in [-0.1, -0.05) is 25.5 Å². The summed E-state index contributed by atoms with van der Waals surface area (Å²) in [6.45, 7) is 2.78. The Morgan fingerprint density at radius 3 is 2.94 bits per heavy atom. The van der Waals surface area contributed by atoms with Gasteiger partial charge in [-0.3, -0.25) is 4.79 Å². The lowest BCUT2D eigenvalue weighted by Crippen LogP contribution is -2.32. The maximum Gasteiger partial charge on any atom is 0.251 e. The summed E-state index contributed by atoms with van der Waals surface area (Å²) in [5.41, 5.74) is 1.55. The predicted molar refractivity (Wildman–Crippen MR) is 70.4 cm³/mol. The highest BCUT2D eigenvalue weighted by atomic mass is 16.5. The van der Waals surface area contributed by atoms with Gasteiger partial charge < -0.3 is 15.2 Å². The number of aliphatic hydroxyl groups is 1. The van der Waals surface area contributed by atoms with Crippen LogP contribution in [0.15, 0.2) is 24.3 Å². The topological polar surface area (TPSA) is 58.6 Å². The van der Waals surface area contributed by atoms with Gasteiger partial charge in [0.15, 0.2) is 0 Å². The summed E-state index contributed by atoms with van der Waals surface area (Å²) in [5.74, 6) is -0.164. The Morgan fingerprint density at radius 1 is 1.50 bits per heavy atom. The Morgan fingerprint density at radius 2 is 2.28 bits per heavy atom. The first kappa shape index (κ1) is 14.7. The first-order chi connectivity index (χ1) is 8.67. The Kier molecular flexibility index (Phi) is 6.39. The van der Waals surface area contributed by atoms with Gasteiger partial charge in [-0.25, -0.2) is 0 Å². The fraction of sp³-hybridized carbons (Fsp3) is 0.500. The van der Waals surface area contributed by atoms with E-state index in [0.717, 1.165) is 12.0 Å². The number of ether oxygens (including phenoxy) is 1. The van der Waals surface area contributed by atoms with E-state index in [-0.39, 0.29) is 5.91 Å². The summed E-state index contributed by atoms with van der Waals surface area (Å²) in [7, 11) is 1.62. The number of benzene rings is 1. The van der Waals surface area contributed by atoms with Crippen LogP contribution < -0.4 is 5.32 Å². The summed E-state index contributed by atoms with van der Waals surface area (Å²) >= 11 is 0. The molecule has 0 saturated carbocycles. The van der Waals surface area contributed by atoms with Crippen LogP contribution in [-0.4, -0.2) is 30.8 Å². The van der Waals surface area contributed by atoms with Crippen molar-refractivity contribution in [1.29, 1.82) is 0 Å². The first-order valence-corrected chi connectivity index (χ1v) is 6.21. The molecule has 1 aromatic rings. The van der Waals surface area contributed by atoms with E-state index in [0.29, 0.717) is 25.1 Å². The van der Waals surface area contributed by atoms with Gasteiger partial charge in [0, 0.05) is 19.2 Å². The molecule has 1 atom stereocenters. The lowest BCUT2D eigenvalue weighted by Gasteiger charge is -2.11. The maximum absolute atomic E-state index is 11.8. The second kappa shape index (κ2) is 7.84. The van der Waals surface area contributed by atoms with Crippen LogP contribution in [0.2, 0.25) is 0 Å². The first-order valence-electron chi connectivity index (χ1n) is 6.21. The third kappa shape index (κ3) is 4.85. The molecule has 0 radical (unpaired) electrons. The number of hydrogen-bond donors (Lipinski definition) is 2. The number of rotatable bonds is 7. The molecule has 4 heteroatoms. The minimum Gasteiger partial charge on any atom is -0.391 e. The number of amides is 1. The number of carbonyl (C=O) groups excluding carboxylic acids is 1. The number of hydrogen-bond acceptors (Lipinski definition) is 3. The molecule has 2 N–H and O–H groups in total. The van der Waals surface area contributed by atoms with Crippen LogP contribution in [0.3, 0.4) is 0 Å². The molecule has 0 fully saturated rings. The monoisotopic (exact) mass is 251 g/mol. The van der Waals surface area contributed by atoms with Crippen LogP contribution in [0.4, 0.5) is 0 Å². The molecule has 1 rings (SSSR count). The Bertz CT molecular complexity index is 379. The second-order valence-electron chi connectivity index (χ2n) is 4.29. The van der Waals surface area contributed by atoms with Crippen molar-refractivity contribution in [2.75, 3.05) is 13.7 Å². The van der Waals surface area contributed by atoms with E-state index in [4.69, 9.17) is 4.74 Å². The van der Waals surface area contributed by atoms with Gasteiger partial charge in [0.05, 0.1) is 12.7 Å². The molecule has 0 aliphatic heterocycles. The summed E-state index contributed by atoms with van der Waals surface area (Å²) in [6, 6.07) is 7.28. The minimum absolute atomic E-state index is 0.164. The van der Waals surface area contributed by atoms with Crippen molar-refractivity contribution in [3.63, 3.8) is 0 Å². The minimum atomic E-state index is -0.471. The SMILES string of the molecule is CCCC(O)CNC(=O)c1cccc(COC)c1. The van der Waals surface area contributed by atoms with Crippen molar-refractivity contribution in [2.45, 2.75) is 32.5 Å². The van der Waals surface area contributed by atoms with E-state index in [2.05, 4.69) is 5.32 Å². The van der Waals surface area contributed by atoms with Crippen molar-refractivity contribution < 1.29 is 14.6 Å². The molecule has 0 aliphatic rings. The number of methoxy groups -OCH3 is 1. The van der Waals surface area contributed by atoms with Gasteiger partial charge in [0.1, 0.15) is 0 Å². The molecular formula is C14H21NO3. The van der Waals surface area contributed by atoms with Crippen LogP contribution in [0.5, 0.6) is 0 Å². The average molecular weight is 251 g/mol. The van der Waals surface area contributed by atoms with Crippen molar-refractivity contribution >= 4 is 5.91 Å². The Labute approximate surface area is 108 Å². The molecule has 0 saturated heterocycles. The van der Waals surface area contributed by atoms with Gasteiger partial charge in [-0.2, -0.15) is 0 Å². The van der Waals surface area contributed by atoms with E-state index in [1.165, 1.54) is 0 Å². The highest BCUT2D eigenvalue weighted by Crippen LogP contribution is 2.06. The molecule has 100 valence electrons. The van der Waals surface area contributed by atoms with E-state index in [1.54, 1.807) is 19.2 Å². The average Bonchev–Trinajstić information content (AvgIpc) is 2.37. The van der Waals surface area contributed by atoms with Gasteiger partial charge in [-0.15, -0.1) is 0 Å². The fourth-order valence-electron chi connectivity index (χ4n) is 1.72. The molecule has 0 aromatic heterocycles. The van der Waals surface area contributed by atoms with E-state index < -0.39 is 6.10 Å². The zero-order valence-electron chi connectivity index (χ0n) is 11.0. The smallest absolute Gasteiger partial charge is 0.251 e. The van der Waals surface area contributed by atoms with Crippen molar-refractivity contribution in [2.24, 2.45) is 0 Å².